The van der Waals surface area contributed by atoms with Crippen molar-refractivity contribution in [3.8, 4) is 0 Å². The van der Waals surface area contributed by atoms with Gasteiger partial charge in [-0.05, 0) is 41.1 Å². The zero-order chi connectivity index (χ0) is 16.6. The molecule has 0 fully saturated rings. The second-order valence-electron chi connectivity index (χ2n) is 5.08. The predicted molar refractivity (Wildman–Crippen MR) is 85.9 cm³/mol. The second-order valence-corrected chi connectivity index (χ2v) is 7.02. The van der Waals surface area contributed by atoms with Crippen LogP contribution in [0.15, 0.2) is 65.6 Å². The van der Waals surface area contributed by atoms with Crippen LogP contribution in [-0.2, 0) is 10.0 Å². The maximum atomic E-state index is 13.8. The van der Waals surface area contributed by atoms with E-state index in [0.29, 0.717) is 11.8 Å². The predicted octanol–water partition coefficient (Wildman–Crippen LogP) is 3.94. The summed E-state index contributed by atoms with van der Waals surface area (Å²) in [5, 5.41) is 1.81. The third-order valence-corrected chi connectivity index (χ3v) is 5.43. The smallest absolute Gasteiger partial charge is 0.267 e. The maximum Gasteiger partial charge on any atom is 0.267 e. The molecule has 118 valence electrons. The van der Waals surface area contributed by atoms with Crippen molar-refractivity contribution in [3.05, 3.63) is 72.3 Å². The van der Waals surface area contributed by atoms with Gasteiger partial charge < -0.3 is 0 Å². The number of hydrogen-bond donors (Lipinski definition) is 0. The van der Waals surface area contributed by atoms with E-state index >= 15 is 0 Å². The molecule has 23 heavy (non-hydrogen) atoms. The van der Waals surface area contributed by atoms with Crippen LogP contribution in [0.3, 0.4) is 0 Å². The van der Waals surface area contributed by atoms with Gasteiger partial charge in [0.1, 0.15) is 16.5 Å². The molecule has 0 unspecified atom stereocenters. The number of nitrogens with zero attached hydrogens (tertiary/aromatic N) is 1. The molecule has 0 heterocycles. The topological polar surface area (TPSA) is 37.4 Å². The molecule has 3 rings (SSSR count). The molecule has 3 aromatic carbocycles. The first-order valence-electron chi connectivity index (χ1n) is 6.82. The number of sulfonamides is 1. The first kappa shape index (κ1) is 15.4. The molecular formula is C17H13F2NO2S. The van der Waals surface area contributed by atoms with E-state index in [1.165, 1.54) is 7.05 Å². The highest BCUT2D eigenvalue weighted by atomic mass is 32.2. The maximum absolute atomic E-state index is 13.8. The molecule has 0 saturated heterocycles. The molecule has 0 radical (unpaired) electrons. The van der Waals surface area contributed by atoms with Gasteiger partial charge in [-0.2, -0.15) is 0 Å². The van der Waals surface area contributed by atoms with Crippen LogP contribution in [0.25, 0.3) is 10.8 Å². The summed E-state index contributed by atoms with van der Waals surface area (Å²) in [6, 6.07) is 14.9. The Morgan fingerprint density at radius 1 is 0.870 bits per heavy atom. The third-order valence-electron chi connectivity index (χ3n) is 3.63. The minimum Gasteiger partial charge on any atom is -0.269 e. The van der Waals surface area contributed by atoms with Crippen LogP contribution < -0.4 is 4.31 Å². The van der Waals surface area contributed by atoms with Crippen LogP contribution in [-0.4, -0.2) is 15.5 Å². The molecule has 0 aliphatic heterocycles. The van der Waals surface area contributed by atoms with Gasteiger partial charge in [0.25, 0.3) is 10.0 Å². The van der Waals surface area contributed by atoms with E-state index in [0.717, 1.165) is 27.2 Å². The Balaban J connectivity index is 2.09. The molecule has 3 nitrogen and oxygen atoms in total. The molecule has 0 aromatic heterocycles. The molecule has 0 atom stereocenters. The molecular weight excluding hydrogens is 320 g/mol. The Morgan fingerprint density at radius 3 is 2.30 bits per heavy atom. The summed E-state index contributed by atoms with van der Waals surface area (Å²) in [5.74, 6) is -1.80. The fraction of sp³-hybridized carbons (Fsp3) is 0.0588. The fourth-order valence-electron chi connectivity index (χ4n) is 2.33. The average Bonchev–Trinajstić information content (AvgIpc) is 2.55. The number of benzene rings is 3. The lowest BCUT2D eigenvalue weighted by Gasteiger charge is -2.20. The molecule has 0 aliphatic carbocycles. The van der Waals surface area contributed by atoms with Crippen molar-refractivity contribution in [3.63, 3.8) is 0 Å². The van der Waals surface area contributed by atoms with Gasteiger partial charge in [-0.15, -0.1) is 0 Å². The summed E-state index contributed by atoms with van der Waals surface area (Å²) in [7, 11) is -2.89. The van der Waals surface area contributed by atoms with Gasteiger partial charge >= 0.3 is 0 Å². The van der Waals surface area contributed by atoms with Crippen LogP contribution >= 0.6 is 0 Å². The number of rotatable bonds is 3. The molecule has 0 amide bonds. The Morgan fingerprint density at radius 2 is 1.57 bits per heavy atom. The minimum atomic E-state index is -4.20. The highest BCUT2D eigenvalue weighted by molar-refractivity contribution is 7.92. The summed E-state index contributed by atoms with van der Waals surface area (Å²) in [6.45, 7) is 0. The molecule has 0 bridgehead atoms. The van der Waals surface area contributed by atoms with Gasteiger partial charge in [0.15, 0.2) is 0 Å². The van der Waals surface area contributed by atoms with Crippen LogP contribution in [0, 0.1) is 11.6 Å². The Hall–Kier alpha value is -2.47. The summed E-state index contributed by atoms with van der Waals surface area (Å²) in [5.41, 5.74) is 0.368. The van der Waals surface area contributed by atoms with Crippen molar-refractivity contribution < 1.29 is 17.2 Å². The first-order chi connectivity index (χ1) is 10.9. The van der Waals surface area contributed by atoms with Gasteiger partial charge in [-0.1, -0.05) is 30.3 Å². The largest absolute Gasteiger partial charge is 0.269 e. The highest BCUT2D eigenvalue weighted by Crippen LogP contribution is 2.27. The zero-order valence-electron chi connectivity index (χ0n) is 12.2. The summed E-state index contributed by atoms with van der Waals surface area (Å²) in [6.07, 6.45) is 0. The number of halogens is 2. The van der Waals surface area contributed by atoms with E-state index in [-0.39, 0.29) is 0 Å². The van der Waals surface area contributed by atoms with Gasteiger partial charge in [-0.25, -0.2) is 17.2 Å². The Kier molecular flexibility index (Phi) is 3.77. The second kappa shape index (κ2) is 5.62. The summed E-state index contributed by atoms with van der Waals surface area (Å²) in [4.78, 5) is -0.687. The molecule has 0 aliphatic rings. The highest BCUT2D eigenvalue weighted by Gasteiger charge is 2.25. The lowest BCUT2D eigenvalue weighted by atomic mass is 10.1. The Bertz CT molecular complexity index is 987. The van der Waals surface area contributed by atoms with E-state index in [4.69, 9.17) is 0 Å². The minimum absolute atomic E-state index is 0.368. The number of anilines is 1. The van der Waals surface area contributed by atoms with Crippen LogP contribution in [0.5, 0.6) is 0 Å². The van der Waals surface area contributed by atoms with Crippen LogP contribution in [0.1, 0.15) is 0 Å². The Labute approximate surface area is 132 Å². The van der Waals surface area contributed by atoms with Crippen LogP contribution in [0.2, 0.25) is 0 Å². The zero-order valence-corrected chi connectivity index (χ0v) is 13.0. The lowest BCUT2D eigenvalue weighted by molar-refractivity contribution is 0.552. The molecule has 0 spiro atoms. The quantitative estimate of drug-likeness (QED) is 0.728. The standard InChI is InChI=1S/C17H13F2NO2S/c1-20(15-8-6-12-4-2-3-5-13(12)10-15)23(21,22)17-11-14(18)7-9-16(17)19/h2-11H,1H3. The van der Waals surface area contributed by atoms with Crippen molar-refractivity contribution >= 4 is 26.5 Å². The van der Waals surface area contributed by atoms with Crippen molar-refractivity contribution in [2.45, 2.75) is 4.90 Å². The molecule has 0 N–H and O–H groups in total. The van der Waals surface area contributed by atoms with Gasteiger partial charge in [-0.3, -0.25) is 4.31 Å². The van der Waals surface area contributed by atoms with Gasteiger partial charge in [0.2, 0.25) is 0 Å². The van der Waals surface area contributed by atoms with Crippen molar-refractivity contribution in [1.29, 1.82) is 0 Å². The van der Waals surface area contributed by atoms with E-state index in [2.05, 4.69) is 0 Å². The van der Waals surface area contributed by atoms with E-state index in [1.54, 1.807) is 18.2 Å². The number of fused-ring (bicyclic) bond motifs is 1. The summed E-state index contributed by atoms with van der Waals surface area (Å²) >= 11 is 0. The van der Waals surface area contributed by atoms with E-state index in [9.17, 15) is 17.2 Å². The SMILES string of the molecule is CN(c1ccc2ccccc2c1)S(=O)(=O)c1cc(F)ccc1F. The van der Waals surface area contributed by atoms with E-state index < -0.39 is 26.6 Å². The average molecular weight is 333 g/mol. The summed E-state index contributed by atoms with van der Waals surface area (Å²) < 4.78 is 53.2. The van der Waals surface area contributed by atoms with Crippen molar-refractivity contribution in [2.24, 2.45) is 0 Å². The van der Waals surface area contributed by atoms with Gasteiger partial charge in [0.05, 0.1) is 5.69 Å². The van der Waals surface area contributed by atoms with Crippen LogP contribution in [0.4, 0.5) is 14.5 Å². The molecule has 3 aromatic rings. The fourth-order valence-corrected chi connectivity index (χ4v) is 3.60. The lowest BCUT2D eigenvalue weighted by Crippen LogP contribution is -2.27. The molecule has 6 heteroatoms. The van der Waals surface area contributed by atoms with Crippen molar-refractivity contribution in [2.75, 3.05) is 11.4 Å². The van der Waals surface area contributed by atoms with E-state index in [1.807, 2.05) is 24.3 Å². The van der Waals surface area contributed by atoms with Gasteiger partial charge in [0, 0.05) is 7.05 Å². The van der Waals surface area contributed by atoms with Crippen molar-refractivity contribution in [1.82, 2.24) is 0 Å². The number of hydrogen-bond acceptors (Lipinski definition) is 2. The monoisotopic (exact) mass is 333 g/mol. The molecule has 0 saturated carbocycles. The third kappa shape index (κ3) is 2.77. The first-order valence-corrected chi connectivity index (χ1v) is 8.26. The normalized spacial score (nSPS) is 11.6.